The second-order valence-electron chi connectivity index (χ2n) is 8.65. The predicted molar refractivity (Wildman–Crippen MR) is 138 cm³/mol. The van der Waals surface area contributed by atoms with Crippen molar-refractivity contribution in [2.75, 3.05) is 28.3 Å². The molecule has 2 atom stereocenters. The Morgan fingerprint density at radius 3 is 1.97 bits per heavy atom. The minimum absolute atomic E-state index is 0.129. The van der Waals surface area contributed by atoms with Gasteiger partial charge in [-0.05, 0) is 54.1 Å². The van der Waals surface area contributed by atoms with Crippen molar-refractivity contribution >= 4 is 29.5 Å². The van der Waals surface area contributed by atoms with Crippen LogP contribution in [0.1, 0.15) is 28.4 Å². The maximum Gasteiger partial charge on any atom is 0.261 e. The number of benzene rings is 3. The Morgan fingerprint density at radius 2 is 1.44 bits per heavy atom. The highest BCUT2D eigenvalue weighted by Crippen LogP contribution is 2.54. The van der Waals surface area contributed by atoms with Crippen LogP contribution < -0.4 is 9.47 Å². The van der Waals surface area contributed by atoms with E-state index in [1.54, 1.807) is 76.8 Å². The molecule has 1 aliphatic rings. The summed E-state index contributed by atoms with van der Waals surface area (Å²) < 4.78 is 9.30. The first-order valence-electron chi connectivity index (χ1n) is 11.4. The van der Waals surface area contributed by atoms with Crippen molar-refractivity contribution in [2.24, 2.45) is 0 Å². The first-order chi connectivity index (χ1) is 17.3. The fraction of sp³-hybridized carbons (Fsp3) is 0.250. The van der Waals surface area contributed by atoms with Crippen molar-refractivity contribution in [1.29, 1.82) is 0 Å². The molecule has 3 aromatic rings. The molecule has 0 bridgehead atoms. The van der Waals surface area contributed by atoms with E-state index < -0.39 is 22.6 Å². The standard InChI is InChI=1S/C28H28N2O5S/c1-29(2)27(33)28(36-23-16-14-22(35-4)15-17-23)18-24(31)30(26(32)20-8-6-5-7-9-20)25(28)19-10-12-21(34-3)13-11-19/h5-17,25H,18H2,1-4H3/t25-,28-/m1/s1. The van der Waals surface area contributed by atoms with Gasteiger partial charge in [-0.25, -0.2) is 0 Å². The van der Waals surface area contributed by atoms with Crippen LogP contribution >= 0.6 is 11.8 Å². The van der Waals surface area contributed by atoms with Crippen molar-refractivity contribution in [2.45, 2.75) is 22.1 Å². The number of hydrogen-bond donors (Lipinski definition) is 0. The molecule has 0 radical (unpaired) electrons. The van der Waals surface area contributed by atoms with Crippen molar-refractivity contribution in [1.82, 2.24) is 9.80 Å². The zero-order valence-electron chi connectivity index (χ0n) is 20.6. The second-order valence-corrected chi connectivity index (χ2v) is 10.1. The molecule has 0 saturated carbocycles. The smallest absolute Gasteiger partial charge is 0.261 e. The Kier molecular flexibility index (Phi) is 7.35. The van der Waals surface area contributed by atoms with E-state index in [0.29, 0.717) is 22.6 Å². The van der Waals surface area contributed by atoms with E-state index in [4.69, 9.17) is 9.47 Å². The van der Waals surface area contributed by atoms with Gasteiger partial charge in [-0.1, -0.05) is 30.3 Å². The molecule has 0 unspecified atom stereocenters. The molecular weight excluding hydrogens is 476 g/mol. The summed E-state index contributed by atoms with van der Waals surface area (Å²) in [6.07, 6.45) is -0.129. The number of thioether (sulfide) groups is 1. The number of methoxy groups -OCH3 is 2. The summed E-state index contributed by atoms with van der Waals surface area (Å²) >= 11 is 1.29. The molecule has 1 heterocycles. The fourth-order valence-electron chi connectivity index (χ4n) is 4.47. The summed E-state index contributed by atoms with van der Waals surface area (Å²) in [5.41, 5.74) is 1.05. The number of carbonyl (C=O) groups excluding carboxylic acids is 3. The molecule has 36 heavy (non-hydrogen) atoms. The molecule has 186 valence electrons. The molecule has 0 spiro atoms. The van der Waals surface area contributed by atoms with Crippen LogP contribution in [0.25, 0.3) is 0 Å². The van der Waals surface area contributed by atoms with Crippen molar-refractivity contribution in [3.8, 4) is 11.5 Å². The molecule has 0 N–H and O–H groups in total. The molecule has 1 fully saturated rings. The Morgan fingerprint density at radius 1 is 0.889 bits per heavy atom. The molecule has 3 aromatic carbocycles. The minimum atomic E-state index is -1.28. The Hall–Kier alpha value is -3.78. The number of ether oxygens (including phenoxy) is 2. The highest BCUT2D eigenvalue weighted by Gasteiger charge is 2.60. The van der Waals surface area contributed by atoms with E-state index in [1.165, 1.54) is 21.6 Å². The molecule has 7 nitrogen and oxygen atoms in total. The van der Waals surface area contributed by atoms with E-state index in [1.807, 2.05) is 30.3 Å². The molecular formula is C28H28N2O5S. The van der Waals surface area contributed by atoms with Gasteiger partial charge in [0, 0.05) is 24.6 Å². The molecule has 4 rings (SSSR count). The lowest BCUT2D eigenvalue weighted by Gasteiger charge is -2.37. The zero-order valence-corrected chi connectivity index (χ0v) is 21.5. The molecule has 0 aliphatic carbocycles. The molecule has 8 heteroatoms. The van der Waals surface area contributed by atoms with Crippen LogP contribution in [-0.2, 0) is 9.59 Å². The number of carbonyl (C=O) groups is 3. The second kappa shape index (κ2) is 10.5. The third kappa shape index (κ3) is 4.68. The maximum absolute atomic E-state index is 13.9. The van der Waals surface area contributed by atoms with Gasteiger partial charge in [-0.2, -0.15) is 0 Å². The Balaban J connectivity index is 1.89. The van der Waals surface area contributed by atoms with Gasteiger partial charge in [0.05, 0.1) is 26.7 Å². The molecule has 3 amide bonds. The first kappa shape index (κ1) is 25.3. The lowest BCUT2D eigenvalue weighted by Crippen LogP contribution is -2.48. The minimum Gasteiger partial charge on any atom is -0.497 e. The molecule has 1 saturated heterocycles. The molecule has 0 aromatic heterocycles. The van der Waals surface area contributed by atoms with Crippen molar-refractivity contribution in [3.63, 3.8) is 0 Å². The van der Waals surface area contributed by atoms with Gasteiger partial charge >= 0.3 is 0 Å². The van der Waals surface area contributed by atoms with Gasteiger partial charge in [0.15, 0.2) is 0 Å². The Labute approximate surface area is 215 Å². The van der Waals surface area contributed by atoms with Crippen LogP contribution in [0.3, 0.4) is 0 Å². The summed E-state index contributed by atoms with van der Waals surface area (Å²) in [5, 5.41) is 0. The summed E-state index contributed by atoms with van der Waals surface area (Å²) in [6, 6.07) is 22.3. The van der Waals surface area contributed by atoms with Gasteiger partial charge in [0.1, 0.15) is 16.2 Å². The van der Waals surface area contributed by atoms with Gasteiger partial charge in [0.2, 0.25) is 11.8 Å². The van der Waals surface area contributed by atoms with E-state index in [9.17, 15) is 14.4 Å². The van der Waals surface area contributed by atoms with Crippen LogP contribution in [0.4, 0.5) is 0 Å². The number of imide groups is 1. The number of rotatable bonds is 7. The van der Waals surface area contributed by atoms with Gasteiger partial charge in [-0.3, -0.25) is 19.3 Å². The summed E-state index contributed by atoms with van der Waals surface area (Å²) in [4.78, 5) is 44.7. The normalized spacial score (nSPS) is 19.2. The zero-order chi connectivity index (χ0) is 25.9. The maximum atomic E-state index is 13.9. The molecule has 1 aliphatic heterocycles. The largest absolute Gasteiger partial charge is 0.497 e. The van der Waals surface area contributed by atoms with Crippen molar-refractivity contribution in [3.05, 3.63) is 90.0 Å². The van der Waals surface area contributed by atoms with E-state index in [2.05, 4.69) is 0 Å². The van der Waals surface area contributed by atoms with Crippen LogP contribution in [-0.4, -0.2) is 60.6 Å². The van der Waals surface area contributed by atoms with E-state index >= 15 is 0 Å². The van der Waals surface area contributed by atoms with Gasteiger partial charge in [-0.15, -0.1) is 11.8 Å². The topological polar surface area (TPSA) is 76.2 Å². The monoisotopic (exact) mass is 504 g/mol. The summed E-state index contributed by atoms with van der Waals surface area (Å²) in [5.74, 6) is 0.227. The SMILES string of the molecule is COc1ccc(S[C@]2(C(=O)N(C)C)CC(=O)N(C(=O)c3ccccc3)[C@@H]2c2ccc(OC)cc2)cc1. The van der Waals surface area contributed by atoms with Crippen LogP contribution in [0, 0.1) is 0 Å². The summed E-state index contributed by atoms with van der Waals surface area (Å²) in [6.45, 7) is 0. The Bertz CT molecular complexity index is 1250. The van der Waals surface area contributed by atoms with Gasteiger partial charge < -0.3 is 14.4 Å². The third-order valence-corrected chi connectivity index (χ3v) is 7.60. The average Bonchev–Trinajstić information content (AvgIpc) is 3.20. The fourth-order valence-corrected chi connectivity index (χ4v) is 5.99. The third-order valence-electron chi connectivity index (χ3n) is 6.18. The first-order valence-corrected chi connectivity index (χ1v) is 12.2. The highest BCUT2D eigenvalue weighted by atomic mass is 32.2. The van der Waals surface area contributed by atoms with E-state index in [-0.39, 0.29) is 12.3 Å². The van der Waals surface area contributed by atoms with Crippen molar-refractivity contribution < 1.29 is 23.9 Å². The van der Waals surface area contributed by atoms with E-state index in [0.717, 1.165) is 4.90 Å². The van der Waals surface area contributed by atoms with Crippen LogP contribution in [0.5, 0.6) is 11.5 Å². The predicted octanol–water partition coefficient (Wildman–Crippen LogP) is 4.44. The number of likely N-dealkylation sites (tertiary alicyclic amines) is 1. The van der Waals surface area contributed by atoms with Crippen LogP contribution in [0.15, 0.2) is 83.8 Å². The highest BCUT2D eigenvalue weighted by molar-refractivity contribution is 8.01. The number of amides is 3. The lowest BCUT2D eigenvalue weighted by atomic mass is 9.91. The average molecular weight is 505 g/mol. The lowest BCUT2D eigenvalue weighted by molar-refractivity contribution is -0.132. The summed E-state index contributed by atoms with van der Waals surface area (Å²) in [7, 11) is 6.48. The van der Waals surface area contributed by atoms with Gasteiger partial charge in [0.25, 0.3) is 5.91 Å². The quantitative estimate of drug-likeness (QED) is 0.443. The van der Waals surface area contributed by atoms with Crippen LogP contribution in [0.2, 0.25) is 0 Å². The number of nitrogens with zero attached hydrogens (tertiary/aromatic N) is 2. The number of hydrogen-bond acceptors (Lipinski definition) is 6.